The van der Waals surface area contributed by atoms with Gasteiger partial charge in [0.25, 0.3) is 0 Å². The van der Waals surface area contributed by atoms with E-state index in [1.54, 1.807) is 66.6 Å². The van der Waals surface area contributed by atoms with Crippen molar-refractivity contribution < 1.29 is 22.7 Å². The first-order valence-corrected chi connectivity index (χ1v) is 10.9. The van der Waals surface area contributed by atoms with E-state index in [-0.39, 0.29) is 17.2 Å². The first kappa shape index (κ1) is 21.3. The van der Waals surface area contributed by atoms with Crippen LogP contribution in [0.4, 0.5) is 0 Å². The zero-order valence-corrected chi connectivity index (χ0v) is 17.5. The molecule has 0 unspecified atom stereocenters. The number of sulfonamides is 1. The molecule has 1 heterocycles. The molecule has 1 aliphatic rings. The van der Waals surface area contributed by atoms with Crippen molar-refractivity contribution in [1.29, 1.82) is 0 Å². The van der Waals surface area contributed by atoms with Gasteiger partial charge in [0.15, 0.2) is 0 Å². The topological polar surface area (TPSA) is 76.2 Å². The van der Waals surface area contributed by atoms with Gasteiger partial charge < -0.3 is 14.4 Å². The van der Waals surface area contributed by atoms with Crippen molar-refractivity contribution in [2.24, 2.45) is 0 Å². The van der Waals surface area contributed by atoms with E-state index in [1.807, 2.05) is 0 Å². The minimum absolute atomic E-state index is 0.0505. The maximum absolute atomic E-state index is 13.2. The van der Waals surface area contributed by atoms with Gasteiger partial charge in [0.2, 0.25) is 15.9 Å². The molecular formula is C21H26N2O5S. The lowest BCUT2D eigenvalue weighted by Crippen LogP contribution is -2.43. The van der Waals surface area contributed by atoms with Crippen LogP contribution in [0.15, 0.2) is 59.5 Å². The molecule has 0 saturated carbocycles. The molecule has 7 nitrogen and oxygen atoms in total. The van der Waals surface area contributed by atoms with Crippen molar-refractivity contribution in [3.05, 3.63) is 60.2 Å². The maximum atomic E-state index is 13.2. The lowest BCUT2D eigenvalue weighted by Gasteiger charge is -2.32. The van der Waals surface area contributed by atoms with E-state index in [2.05, 4.69) is 0 Å². The van der Waals surface area contributed by atoms with Crippen LogP contribution in [-0.4, -0.2) is 64.0 Å². The fourth-order valence-corrected chi connectivity index (χ4v) is 4.68. The minimum Gasteiger partial charge on any atom is -0.497 e. The van der Waals surface area contributed by atoms with Crippen LogP contribution in [0.25, 0.3) is 0 Å². The highest BCUT2D eigenvalue weighted by molar-refractivity contribution is 7.89. The smallest absolute Gasteiger partial charge is 0.243 e. The third kappa shape index (κ3) is 4.95. The Labute approximate surface area is 171 Å². The summed E-state index contributed by atoms with van der Waals surface area (Å²) in [6, 6.07) is 14.7. The van der Waals surface area contributed by atoms with Crippen LogP contribution in [0.5, 0.6) is 5.75 Å². The van der Waals surface area contributed by atoms with E-state index in [9.17, 15) is 13.2 Å². The monoisotopic (exact) mass is 418 g/mol. The molecule has 1 fully saturated rings. The second kappa shape index (κ2) is 9.39. The number of carbonyl (C=O) groups is 1. The zero-order chi connectivity index (χ0) is 20.9. The second-order valence-corrected chi connectivity index (χ2v) is 8.82. The van der Waals surface area contributed by atoms with E-state index >= 15 is 0 Å². The number of methoxy groups -OCH3 is 1. The summed E-state index contributed by atoms with van der Waals surface area (Å²) in [6.45, 7) is 2.03. The summed E-state index contributed by atoms with van der Waals surface area (Å²) in [6.07, 6.45) is 0.0505. The summed E-state index contributed by atoms with van der Waals surface area (Å²) >= 11 is 0. The van der Waals surface area contributed by atoms with Gasteiger partial charge in [-0.1, -0.05) is 30.3 Å². The first-order chi connectivity index (χ1) is 13.9. The predicted molar refractivity (Wildman–Crippen MR) is 109 cm³/mol. The highest BCUT2D eigenvalue weighted by Gasteiger charge is 2.32. The van der Waals surface area contributed by atoms with Crippen LogP contribution in [0.1, 0.15) is 18.0 Å². The number of rotatable bonds is 7. The van der Waals surface area contributed by atoms with Crippen LogP contribution in [0, 0.1) is 0 Å². The van der Waals surface area contributed by atoms with Crippen molar-refractivity contribution in [3.8, 4) is 5.75 Å². The number of ether oxygens (including phenoxy) is 2. The van der Waals surface area contributed by atoms with Crippen LogP contribution < -0.4 is 4.74 Å². The minimum atomic E-state index is -3.77. The van der Waals surface area contributed by atoms with Gasteiger partial charge in [0.1, 0.15) is 5.75 Å². The largest absolute Gasteiger partial charge is 0.497 e. The molecular weight excluding hydrogens is 392 g/mol. The molecule has 156 valence electrons. The van der Waals surface area contributed by atoms with Crippen LogP contribution in [0.3, 0.4) is 0 Å². The third-order valence-corrected chi connectivity index (χ3v) is 6.97. The molecule has 8 heteroatoms. The van der Waals surface area contributed by atoms with Crippen molar-refractivity contribution in [2.45, 2.75) is 17.4 Å². The molecule has 2 aromatic carbocycles. The van der Waals surface area contributed by atoms with Crippen molar-refractivity contribution in [1.82, 2.24) is 9.21 Å². The van der Waals surface area contributed by atoms with E-state index < -0.39 is 16.1 Å². The third-order valence-electron chi connectivity index (χ3n) is 5.09. The van der Waals surface area contributed by atoms with Gasteiger partial charge in [0.05, 0.1) is 31.3 Å². The number of morpholine rings is 1. The Hall–Kier alpha value is -2.42. The fraction of sp³-hybridized carbons (Fsp3) is 0.381. The number of benzene rings is 2. The van der Waals surface area contributed by atoms with E-state index in [4.69, 9.17) is 9.47 Å². The van der Waals surface area contributed by atoms with E-state index in [0.717, 1.165) is 5.56 Å². The Morgan fingerprint density at radius 1 is 1.10 bits per heavy atom. The SMILES string of the molecule is COc1ccc([C@@H](CC(=O)N2CCOCC2)N(C)S(=O)(=O)c2ccccc2)cc1. The lowest BCUT2D eigenvalue weighted by atomic mass is 10.0. The zero-order valence-electron chi connectivity index (χ0n) is 16.7. The standard InChI is InChI=1S/C21H26N2O5S/c1-22(29(25,26)19-6-4-3-5-7-19)20(17-8-10-18(27-2)11-9-17)16-21(24)23-12-14-28-15-13-23/h3-11,20H,12-16H2,1-2H3/t20-/m1/s1. The lowest BCUT2D eigenvalue weighted by molar-refractivity contribution is -0.136. The average molecular weight is 419 g/mol. The normalized spacial score (nSPS) is 15.9. The highest BCUT2D eigenvalue weighted by atomic mass is 32.2. The van der Waals surface area contributed by atoms with Gasteiger partial charge in [-0.3, -0.25) is 4.79 Å². The molecule has 0 aromatic heterocycles. The number of amides is 1. The quantitative estimate of drug-likeness (QED) is 0.690. The van der Waals surface area contributed by atoms with Gasteiger partial charge in [-0.2, -0.15) is 4.31 Å². The molecule has 3 rings (SSSR count). The van der Waals surface area contributed by atoms with Crippen LogP contribution >= 0.6 is 0 Å². The van der Waals surface area contributed by atoms with Crippen molar-refractivity contribution >= 4 is 15.9 Å². The van der Waals surface area contributed by atoms with Gasteiger partial charge in [-0.05, 0) is 29.8 Å². The molecule has 0 spiro atoms. The summed E-state index contributed by atoms with van der Waals surface area (Å²) in [5, 5.41) is 0. The Morgan fingerprint density at radius 3 is 2.31 bits per heavy atom. The number of nitrogens with zero attached hydrogens (tertiary/aromatic N) is 2. The molecule has 0 bridgehead atoms. The Morgan fingerprint density at radius 2 is 1.72 bits per heavy atom. The summed E-state index contributed by atoms with van der Waals surface area (Å²) in [5.74, 6) is 0.574. The molecule has 0 radical (unpaired) electrons. The van der Waals surface area contributed by atoms with E-state index in [0.29, 0.717) is 32.1 Å². The summed E-state index contributed by atoms with van der Waals surface area (Å²) in [7, 11) is -0.684. The summed E-state index contributed by atoms with van der Waals surface area (Å²) < 4.78 is 38.2. The molecule has 1 amide bonds. The molecule has 0 N–H and O–H groups in total. The van der Waals surface area contributed by atoms with E-state index in [1.165, 1.54) is 11.4 Å². The summed E-state index contributed by atoms with van der Waals surface area (Å²) in [4.78, 5) is 14.8. The molecule has 1 saturated heterocycles. The number of hydrogen-bond acceptors (Lipinski definition) is 5. The molecule has 2 aromatic rings. The molecule has 0 aliphatic carbocycles. The molecule has 1 aliphatic heterocycles. The van der Waals surface area contributed by atoms with Gasteiger partial charge in [0, 0.05) is 26.6 Å². The Kier molecular flexibility index (Phi) is 6.89. The number of carbonyl (C=O) groups excluding carboxylic acids is 1. The van der Waals surface area contributed by atoms with Gasteiger partial charge in [-0.15, -0.1) is 0 Å². The predicted octanol–water partition coefficient (Wildman–Crippen LogP) is 2.31. The maximum Gasteiger partial charge on any atom is 0.243 e. The van der Waals surface area contributed by atoms with Crippen molar-refractivity contribution in [2.75, 3.05) is 40.5 Å². The Bertz CT molecular complexity index is 910. The molecule has 1 atom stereocenters. The van der Waals surface area contributed by atoms with Gasteiger partial charge >= 0.3 is 0 Å². The second-order valence-electron chi connectivity index (χ2n) is 6.82. The first-order valence-electron chi connectivity index (χ1n) is 9.46. The number of hydrogen-bond donors (Lipinski definition) is 0. The fourth-order valence-electron chi connectivity index (χ4n) is 3.32. The molecule has 29 heavy (non-hydrogen) atoms. The van der Waals surface area contributed by atoms with Gasteiger partial charge in [-0.25, -0.2) is 8.42 Å². The van der Waals surface area contributed by atoms with Crippen molar-refractivity contribution in [3.63, 3.8) is 0 Å². The van der Waals surface area contributed by atoms with Crippen LogP contribution in [0.2, 0.25) is 0 Å². The van der Waals surface area contributed by atoms with Crippen LogP contribution in [-0.2, 0) is 19.6 Å². The summed E-state index contributed by atoms with van der Waals surface area (Å²) in [5.41, 5.74) is 0.731. The highest BCUT2D eigenvalue weighted by Crippen LogP contribution is 2.30. The average Bonchev–Trinajstić information content (AvgIpc) is 2.78. The Balaban J connectivity index is 1.91.